The lowest BCUT2D eigenvalue weighted by atomic mass is 10.1. The van der Waals surface area contributed by atoms with E-state index in [2.05, 4.69) is 5.32 Å². The first-order valence-corrected chi connectivity index (χ1v) is 6.45. The second kappa shape index (κ2) is 5.90. The maximum Gasteiger partial charge on any atom is 0.128 e. The highest BCUT2D eigenvalue weighted by molar-refractivity contribution is 5.49. The molecule has 0 spiro atoms. The molecule has 2 aromatic carbocycles. The minimum Gasteiger partial charge on any atom is -0.378 e. The Kier molecular flexibility index (Phi) is 4.23. The van der Waals surface area contributed by atoms with E-state index in [9.17, 15) is 8.78 Å². The van der Waals surface area contributed by atoms with Crippen LogP contribution >= 0.6 is 0 Å². The lowest BCUT2D eigenvalue weighted by Crippen LogP contribution is -2.10. The van der Waals surface area contributed by atoms with Gasteiger partial charge in [-0.25, -0.2) is 8.78 Å². The lowest BCUT2D eigenvalue weighted by molar-refractivity contribution is 0.583. The van der Waals surface area contributed by atoms with Crippen molar-refractivity contribution in [3.8, 4) is 0 Å². The first kappa shape index (κ1) is 14.3. The van der Waals surface area contributed by atoms with E-state index in [1.165, 1.54) is 12.1 Å². The predicted octanol–water partition coefficient (Wildman–Crippen LogP) is 4.20. The van der Waals surface area contributed by atoms with Gasteiger partial charge in [0.1, 0.15) is 11.6 Å². The zero-order valence-electron chi connectivity index (χ0n) is 11.8. The van der Waals surface area contributed by atoms with Gasteiger partial charge in [-0.3, -0.25) is 0 Å². The fourth-order valence-corrected chi connectivity index (χ4v) is 2.03. The first-order chi connectivity index (χ1) is 9.45. The molecule has 106 valence electrons. The molecule has 0 amide bonds. The Balaban J connectivity index is 2.13. The number of anilines is 2. The van der Waals surface area contributed by atoms with Crippen LogP contribution in [0.1, 0.15) is 18.5 Å². The third-order valence-electron chi connectivity index (χ3n) is 3.16. The number of rotatable bonds is 4. The number of hydrogen-bond acceptors (Lipinski definition) is 2. The summed E-state index contributed by atoms with van der Waals surface area (Å²) in [5.41, 5.74) is 2.60. The molecule has 0 aliphatic rings. The van der Waals surface area contributed by atoms with Gasteiger partial charge in [-0.15, -0.1) is 0 Å². The van der Waals surface area contributed by atoms with Gasteiger partial charge < -0.3 is 10.2 Å². The van der Waals surface area contributed by atoms with Crippen molar-refractivity contribution < 1.29 is 8.78 Å². The molecule has 0 fully saturated rings. The molecule has 1 N–H and O–H groups in total. The minimum atomic E-state index is -0.581. The van der Waals surface area contributed by atoms with Crippen LogP contribution in [-0.2, 0) is 0 Å². The summed E-state index contributed by atoms with van der Waals surface area (Å²) in [6, 6.07) is 11.4. The summed E-state index contributed by atoms with van der Waals surface area (Å²) in [6.07, 6.45) is 0. The SMILES string of the molecule is CC(Nc1cc(F)cc(F)c1)c1ccc(N(C)C)cc1. The number of halogens is 2. The van der Waals surface area contributed by atoms with Crippen LogP contribution < -0.4 is 10.2 Å². The van der Waals surface area contributed by atoms with E-state index >= 15 is 0 Å². The molecule has 2 aromatic rings. The Hall–Kier alpha value is -2.10. The third kappa shape index (κ3) is 3.47. The van der Waals surface area contributed by atoms with Gasteiger partial charge in [0.15, 0.2) is 0 Å². The van der Waals surface area contributed by atoms with Gasteiger partial charge in [-0.2, -0.15) is 0 Å². The van der Waals surface area contributed by atoms with Crippen LogP contribution in [0, 0.1) is 11.6 Å². The van der Waals surface area contributed by atoms with Gasteiger partial charge in [0.2, 0.25) is 0 Å². The molecule has 20 heavy (non-hydrogen) atoms. The van der Waals surface area contributed by atoms with Gasteiger partial charge in [0, 0.05) is 37.6 Å². The van der Waals surface area contributed by atoms with Gasteiger partial charge in [-0.1, -0.05) is 12.1 Å². The lowest BCUT2D eigenvalue weighted by Gasteiger charge is -2.18. The topological polar surface area (TPSA) is 15.3 Å². The van der Waals surface area contributed by atoms with E-state index in [0.29, 0.717) is 5.69 Å². The normalized spacial score (nSPS) is 12.1. The van der Waals surface area contributed by atoms with Crippen molar-refractivity contribution in [1.29, 1.82) is 0 Å². The van der Waals surface area contributed by atoms with Crippen molar-refractivity contribution in [1.82, 2.24) is 0 Å². The molecule has 0 aromatic heterocycles. The largest absolute Gasteiger partial charge is 0.378 e. The fraction of sp³-hybridized carbons (Fsp3) is 0.250. The number of nitrogens with zero attached hydrogens (tertiary/aromatic N) is 1. The Morgan fingerprint density at radius 2 is 1.50 bits per heavy atom. The zero-order valence-corrected chi connectivity index (χ0v) is 11.8. The van der Waals surface area contributed by atoms with Crippen LogP contribution in [0.2, 0.25) is 0 Å². The molecule has 1 atom stereocenters. The molecular formula is C16H18F2N2. The average molecular weight is 276 g/mol. The summed E-state index contributed by atoms with van der Waals surface area (Å²) < 4.78 is 26.3. The summed E-state index contributed by atoms with van der Waals surface area (Å²) in [5, 5.41) is 3.09. The molecule has 0 saturated heterocycles. The van der Waals surface area contributed by atoms with Crippen molar-refractivity contribution in [3.05, 3.63) is 59.7 Å². The molecule has 0 heterocycles. The maximum atomic E-state index is 13.1. The van der Waals surface area contributed by atoms with E-state index < -0.39 is 11.6 Å². The summed E-state index contributed by atoms with van der Waals surface area (Å²) in [5.74, 6) is -1.16. The first-order valence-electron chi connectivity index (χ1n) is 6.45. The molecular weight excluding hydrogens is 258 g/mol. The second-order valence-corrected chi connectivity index (χ2v) is 5.01. The smallest absolute Gasteiger partial charge is 0.128 e. The van der Waals surface area contributed by atoms with Crippen molar-refractivity contribution in [2.75, 3.05) is 24.3 Å². The third-order valence-corrected chi connectivity index (χ3v) is 3.16. The monoisotopic (exact) mass is 276 g/mol. The van der Waals surface area contributed by atoms with Crippen molar-refractivity contribution in [3.63, 3.8) is 0 Å². The van der Waals surface area contributed by atoms with Crippen LogP contribution in [0.4, 0.5) is 20.2 Å². The summed E-state index contributed by atoms with van der Waals surface area (Å²) in [6.45, 7) is 1.95. The fourth-order valence-electron chi connectivity index (χ4n) is 2.03. The molecule has 0 saturated carbocycles. The van der Waals surface area contributed by atoms with Crippen LogP contribution in [0.15, 0.2) is 42.5 Å². The molecule has 1 unspecified atom stereocenters. The maximum absolute atomic E-state index is 13.1. The highest BCUT2D eigenvalue weighted by atomic mass is 19.1. The predicted molar refractivity (Wildman–Crippen MR) is 79.2 cm³/mol. The van der Waals surface area contributed by atoms with Crippen molar-refractivity contribution >= 4 is 11.4 Å². The summed E-state index contributed by atoms with van der Waals surface area (Å²) in [4.78, 5) is 2.02. The van der Waals surface area contributed by atoms with E-state index in [4.69, 9.17) is 0 Å². The molecule has 0 aliphatic carbocycles. The van der Waals surface area contributed by atoms with E-state index in [1.807, 2.05) is 50.2 Å². The van der Waals surface area contributed by atoms with Crippen LogP contribution in [0.25, 0.3) is 0 Å². The number of nitrogens with one attached hydrogen (secondary N) is 1. The molecule has 2 rings (SSSR count). The zero-order chi connectivity index (χ0) is 14.7. The highest BCUT2D eigenvalue weighted by Crippen LogP contribution is 2.22. The standard InChI is InChI=1S/C16H18F2N2/c1-11(12-4-6-16(7-5-12)20(2)3)19-15-9-13(17)8-14(18)10-15/h4-11,19H,1-3H3. The van der Waals surface area contributed by atoms with Crippen molar-refractivity contribution in [2.45, 2.75) is 13.0 Å². The number of benzene rings is 2. The molecule has 0 radical (unpaired) electrons. The van der Waals surface area contributed by atoms with Crippen LogP contribution in [0.5, 0.6) is 0 Å². The Labute approximate surface area is 118 Å². The van der Waals surface area contributed by atoms with Gasteiger partial charge in [-0.05, 0) is 36.8 Å². The van der Waals surface area contributed by atoms with Crippen LogP contribution in [0.3, 0.4) is 0 Å². The molecule has 0 bridgehead atoms. The highest BCUT2D eigenvalue weighted by Gasteiger charge is 2.07. The number of hydrogen-bond donors (Lipinski definition) is 1. The minimum absolute atomic E-state index is 0.0348. The van der Waals surface area contributed by atoms with Gasteiger partial charge in [0.25, 0.3) is 0 Å². The molecule has 0 aliphatic heterocycles. The molecule has 2 nitrogen and oxygen atoms in total. The summed E-state index contributed by atoms with van der Waals surface area (Å²) in [7, 11) is 3.96. The Morgan fingerprint density at radius 3 is 2.00 bits per heavy atom. The van der Waals surface area contributed by atoms with Crippen LogP contribution in [-0.4, -0.2) is 14.1 Å². The second-order valence-electron chi connectivity index (χ2n) is 5.01. The van der Waals surface area contributed by atoms with Gasteiger partial charge >= 0.3 is 0 Å². The van der Waals surface area contributed by atoms with E-state index in [-0.39, 0.29) is 6.04 Å². The van der Waals surface area contributed by atoms with E-state index in [0.717, 1.165) is 17.3 Å². The quantitative estimate of drug-likeness (QED) is 0.900. The summed E-state index contributed by atoms with van der Waals surface area (Å²) >= 11 is 0. The average Bonchev–Trinajstić information content (AvgIpc) is 2.37. The van der Waals surface area contributed by atoms with Gasteiger partial charge in [0.05, 0.1) is 0 Å². The Morgan fingerprint density at radius 1 is 0.950 bits per heavy atom. The molecule has 4 heteroatoms. The Bertz CT molecular complexity index is 559. The van der Waals surface area contributed by atoms with E-state index in [1.54, 1.807) is 0 Å². The van der Waals surface area contributed by atoms with Crippen molar-refractivity contribution in [2.24, 2.45) is 0 Å².